The first-order valence-corrected chi connectivity index (χ1v) is 7.33. The first-order chi connectivity index (χ1) is 10.1. The number of ether oxygens (including phenoxy) is 1. The van der Waals surface area contributed by atoms with Gasteiger partial charge in [0, 0.05) is 31.5 Å². The standard InChI is InChI=1S/C15H19NO5/c17-11-5-4-6-12(11)21-15(20)7-2-1-3-10-16-13(18)8-9-14(16)19/h8-9,12H,1-7,10H2. The minimum Gasteiger partial charge on any atom is -0.454 e. The maximum atomic E-state index is 11.6. The van der Waals surface area contributed by atoms with Gasteiger partial charge in [-0.1, -0.05) is 6.42 Å². The van der Waals surface area contributed by atoms with Gasteiger partial charge in [-0.25, -0.2) is 0 Å². The Balaban J connectivity index is 1.55. The second-order valence-corrected chi connectivity index (χ2v) is 5.31. The molecule has 0 spiro atoms. The van der Waals surface area contributed by atoms with E-state index in [-0.39, 0.29) is 30.0 Å². The topological polar surface area (TPSA) is 80.8 Å². The number of rotatable bonds is 7. The summed E-state index contributed by atoms with van der Waals surface area (Å²) >= 11 is 0. The van der Waals surface area contributed by atoms with Crippen LogP contribution in [0.4, 0.5) is 0 Å². The van der Waals surface area contributed by atoms with Gasteiger partial charge in [-0.05, 0) is 25.7 Å². The Hall–Kier alpha value is -1.98. The zero-order valence-corrected chi connectivity index (χ0v) is 11.9. The molecule has 1 fully saturated rings. The van der Waals surface area contributed by atoms with Gasteiger partial charge >= 0.3 is 5.97 Å². The van der Waals surface area contributed by atoms with E-state index in [1.54, 1.807) is 0 Å². The summed E-state index contributed by atoms with van der Waals surface area (Å²) in [6, 6.07) is 0. The average molecular weight is 293 g/mol. The van der Waals surface area contributed by atoms with Crippen LogP contribution in [0.3, 0.4) is 0 Å². The quantitative estimate of drug-likeness (QED) is 0.399. The van der Waals surface area contributed by atoms with Gasteiger partial charge in [0.25, 0.3) is 11.8 Å². The van der Waals surface area contributed by atoms with Crippen molar-refractivity contribution in [3.05, 3.63) is 12.2 Å². The number of hydrogen-bond acceptors (Lipinski definition) is 5. The van der Waals surface area contributed by atoms with Crippen LogP contribution in [0.15, 0.2) is 12.2 Å². The molecule has 0 aromatic carbocycles. The van der Waals surface area contributed by atoms with E-state index in [1.165, 1.54) is 17.1 Å². The van der Waals surface area contributed by atoms with Crippen LogP contribution in [0.25, 0.3) is 0 Å². The van der Waals surface area contributed by atoms with Crippen molar-refractivity contribution in [2.24, 2.45) is 0 Å². The van der Waals surface area contributed by atoms with Crippen molar-refractivity contribution in [2.45, 2.75) is 51.0 Å². The molecule has 2 amide bonds. The number of imide groups is 1. The fourth-order valence-corrected chi connectivity index (χ4v) is 2.49. The highest BCUT2D eigenvalue weighted by molar-refractivity contribution is 6.12. The van der Waals surface area contributed by atoms with Crippen LogP contribution in [0.1, 0.15) is 44.9 Å². The van der Waals surface area contributed by atoms with Gasteiger partial charge in [-0.3, -0.25) is 24.1 Å². The molecule has 6 heteroatoms. The Labute approximate surface area is 123 Å². The fourth-order valence-electron chi connectivity index (χ4n) is 2.49. The number of nitrogens with zero attached hydrogens (tertiary/aromatic N) is 1. The molecule has 1 heterocycles. The molecule has 114 valence electrons. The van der Waals surface area contributed by atoms with E-state index in [0.717, 1.165) is 12.8 Å². The van der Waals surface area contributed by atoms with Crippen LogP contribution >= 0.6 is 0 Å². The fraction of sp³-hybridized carbons (Fsp3) is 0.600. The number of ketones is 1. The predicted octanol–water partition coefficient (Wildman–Crippen LogP) is 1.14. The lowest BCUT2D eigenvalue weighted by atomic mass is 10.2. The largest absolute Gasteiger partial charge is 0.454 e. The molecule has 1 aliphatic heterocycles. The van der Waals surface area contributed by atoms with Gasteiger partial charge in [-0.15, -0.1) is 0 Å². The molecule has 2 rings (SSSR count). The molecule has 1 aliphatic carbocycles. The van der Waals surface area contributed by atoms with Crippen LogP contribution in [-0.4, -0.2) is 41.1 Å². The molecule has 0 bridgehead atoms. The smallest absolute Gasteiger partial charge is 0.306 e. The van der Waals surface area contributed by atoms with Gasteiger partial charge in [0.15, 0.2) is 11.9 Å². The molecule has 0 aromatic heterocycles. The predicted molar refractivity (Wildman–Crippen MR) is 73.1 cm³/mol. The van der Waals surface area contributed by atoms with Crippen molar-refractivity contribution in [3.8, 4) is 0 Å². The normalized spacial score (nSPS) is 21.4. The molecule has 0 aromatic rings. The van der Waals surface area contributed by atoms with Gasteiger partial charge in [0.05, 0.1) is 0 Å². The molecule has 1 unspecified atom stereocenters. The van der Waals surface area contributed by atoms with E-state index < -0.39 is 6.10 Å². The lowest BCUT2D eigenvalue weighted by molar-refractivity contribution is -0.153. The number of carbonyl (C=O) groups excluding carboxylic acids is 4. The molecule has 0 N–H and O–H groups in total. The summed E-state index contributed by atoms with van der Waals surface area (Å²) in [6.45, 7) is 0.376. The maximum Gasteiger partial charge on any atom is 0.306 e. The first-order valence-electron chi connectivity index (χ1n) is 7.33. The van der Waals surface area contributed by atoms with Gasteiger partial charge in [0.2, 0.25) is 0 Å². The van der Waals surface area contributed by atoms with Gasteiger partial charge in [-0.2, -0.15) is 0 Å². The lowest BCUT2D eigenvalue weighted by Crippen LogP contribution is -2.30. The summed E-state index contributed by atoms with van der Waals surface area (Å²) in [5.41, 5.74) is 0. The van der Waals surface area contributed by atoms with E-state index >= 15 is 0 Å². The van der Waals surface area contributed by atoms with Crippen molar-refractivity contribution >= 4 is 23.6 Å². The third kappa shape index (κ3) is 4.24. The summed E-state index contributed by atoms with van der Waals surface area (Å²) in [5.74, 6) is -0.884. The van der Waals surface area contributed by atoms with Crippen LogP contribution in [-0.2, 0) is 23.9 Å². The van der Waals surface area contributed by atoms with Crippen molar-refractivity contribution < 1.29 is 23.9 Å². The van der Waals surface area contributed by atoms with Crippen molar-refractivity contribution in [3.63, 3.8) is 0 Å². The zero-order chi connectivity index (χ0) is 15.2. The van der Waals surface area contributed by atoms with Crippen LogP contribution < -0.4 is 0 Å². The molecular weight excluding hydrogens is 274 g/mol. The summed E-state index contributed by atoms with van der Waals surface area (Å²) in [7, 11) is 0. The first kappa shape index (κ1) is 15.4. The SMILES string of the molecule is O=C(CCCCCN1C(=O)C=CC1=O)OC1CCCC1=O. The second-order valence-electron chi connectivity index (χ2n) is 5.31. The number of esters is 1. The van der Waals surface area contributed by atoms with Gasteiger partial charge in [0.1, 0.15) is 0 Å². The third-order valence-corrected chi connectivity index (χ3v) is 3.69. The molecule has 21 heavy (non-hydrogen) atoms. The van der Waals surface area contributed by atoms with Crippen molar-refractivity contribution in [1.29, 1.82) is 0 Å². The Morgan fingerprint density at radius 2 is 1.86 bits per heavy atom. The summed E-state index contributed by atoms with van der Waals surface area (Å²) in [5, 5.41) is 0. The van der Waals surface area contributed by atoms with E-state index in [1.807, 2.05) is 0 Å². The second kappa shape index (κ2) is 7.15. The summed E-state index contributed by atoms with van der Waals surface area (Å²) < 4.78 is 5.12. The zero-order valence-electron chi connectivity index (χ0n) is 11.9. The minimum atomic E-state index is -0.539. The maximum absolute atomic E-state index is 11.6. The third-order valence-electron chi connectivity index (χ3n) is 3.69. The number of amides is 2. The Kier molecular flexibility index (Phi) is 5.25. The van der Waals surface area contributed by atoms with Crippen LogP contribution in [0.5, 0.6) is 0 Å². The molecule has 0 saturated heterocycles. The lowest BCUT2D eigenvalue weighted by Gasteiger charge is -2.13. The molecule has 6 nitrogen and oxygen atoms in total. The molecular formula is C15H19NO5. The number of hydrogen-bond donors (Lipinski definition) is 0. The number of Topliss-reactive ketones (excluding diaryl/α,β-unsaturated/α-hetero) is 1. The van der Waals surface area contributed by atoms with E-state index in [4.69, 9.17) is 4.74 Å². The summed E-state index contributed by atoms with van der Waals surface area (Å²) in [6.07, 6.45) is 6.20. The Morgan fingerprint density at radius 3 is 2.48 bits per heavy atom. The molecule has 1 saturated carbocycles. The number of carbonyl (C=O) groups is 4. The van der Waals surface area contributed by atoms with Crippen LogP contribution in [0, 0.1) is 0 Å². The Bertz CT molecular complexity index is 464. The number of unbranched alkanes of at least 4 members (excludes halogenated alkanes) is 2. The highest BCUT2D eigenvalue weighted by Crippen LogP contribution is 2.18. The Morgan fingerprint density at radius 1 is 1.14 bits per heavy atom. The average Bonchev–Trinajstić information content (AvgIpc) is 2.98. The minimum absolute atomic E-state index is 0.0157. The van der Waals surface area contributed by atoms with E-state index in [9.17, 15) is 19.2 Å². The van der Waals surface area contributed by atoms with Gasteiger partial charge < -0.3 is 4.74 Å². The molecule has 0 radical (unpaired) electrons. The van der Waals surface area contributed by atoms with Crippen molar-refractivity contribution in [1.82, 2.24) is 4.90 Å². The highest BCUT2D eigenvalue weighted by Gasteiger charge is 2.27. The van der Waals surface area contributed by atoms with E-state index in [0.29, 0.717) is 32.2 Å². The van der Waals surface area contributed by atoms with E-state index in [2.05, 4.69) is 0 Å². The molecule has 2 aliphatic rings. The van der Waals surface area contributed by atoms with Crippen LogP contribution in [0.2, 0.25) is 0 Å². The monoisotopic (exact) mass is 293 g/mol. The summed E-state index contributed by atoms with van der Waals surface area (Å²) in [4.78, 5) is 46.7. The molecule has 1 atom stereocenters. The highest BCUT2D eigenvalue weighted by atomic mass is 16.5. The van der Waals surface area contributed by atoms with Crippen molar-refractivity contribution in [2.75, 3.05) is 6.54 Å².